The molecule has 5 heteroatoms. The van der Waals surface area contributed by atoms with Gasteiger partial charge in [-0.15, -0.1) is 0 Å². The summed E-state index contributed by atoms with van der Waals surface area (Å²) in [5, 5.41) is 12.5. The van der Waals surface area contributed by atoms with E-state index in [2.05, 4.69) is 10.3 Å². The lowest BCUT2D eigenvalue weighted by atomic mass is 10.0. The number of carbonyl (C=O) groups excluding carboxylic acids is 1. The van der Waals surface area contributed by atoms with Gasteiger partial charge in [0.25, 0.3) is 0 Å². The fourth-order valence-corrected chi connectivity index (χ4v) is 2.72. The summed E-state index contributed by atoms with van der Waals surface area (Å²) >= 11 is 0. The van der Waals surface area contributed by atoms with Crippen molar-refractivity contribution in [1.29, 1.82) is 0 Å². The van der Waals surface area contributed by atoms with Crippen molar-refractivity contribution < 1.29 is 9.90 Å². The van der Waals surface area contributed by atoms with Crippen LogP contribution in [0.2, 0.25) is 0 Å². The summed E-state index contributed by atoms with van der Waals surface area (Å²) in [5.74, 6) is 0.265. The molecule has 3 rings (SSSR count). The minimum Gasteiger partial charge on any atom is -0.508 e. The Kier molecular flexibility index (Phi) is 5.14. The van der Waals surface area contributed by atoms with Crippen LogP contribution in [0, 0.1) is 0 Å². The smallest absolute Gasteiger partial charge is 0.219 e. The molecule has 25 heavy (non-hydrogen) atoms. The Bertz CT molecular complexity index is 839. The molecule has 1 heterocycles. The van der Waals surface area contributed by atoms with Crippen molar-refractivity contribution in [2.75, 3.05) is 6.54 Å². The monoisotopic (exact) mass is 335 g/mol. The van der Waals surface area contributed by atoms with E-state index in [1.165, 1.54) is 0 Å². The zero-order chi connectivity index (χ0) is 17.6. The summed E-state index contributed by atoms with van der Waals surface area (Å²) in [5.41, 5.74) is 3.85. The molecule has 0 aliphatic heterocycles. The number of benzene rings is 2. The summed E-state index contributed by atoms with van der Waals surface area (Å²) < 4.78 is 2.03. The number of hydrogen-bond donors (Lipinski definition) is 2. The summed E-state index contributed by atoms with van der Waals surface area (Å²) in [6, 6.07) is 17.1. The Morgan fingerprint density at radius 1 is 1.08 bits per heavy atom. The average Bonchev–Trinajstić information content (AvgIpc) is 3.07. The van der Waals surface area contributed by atoms with Crippen molar-refractivity contribution >= 4 is 5.91 Å². The number of rotatable bonds is 6. The van der Waals surface area contributed by atoms with Crippen LogP contribution in [-0.2, 0) is 11.3 Å². The van der Waals surface area contributed by atoms with Gasteiger partial charge in [0.15, 0.2) is 0 Å². The molecular weight excluding hydrogens is 314 g/mol. The molecule has 5 nitrogen and oxygen atoms in total. The highest BCUT2D eigenvalue weighted by molar-refractivity contribution is 5.79. The number of imidazole rings is 1. The maximum atomic E-state index is 11.5. The topological polar surface area (TPSA) is 67.2 Å². The van der Waals surface area contributed by atoms with Crippen LogP contribution in [0.3, 0.4) is 0 Å². The van der Waals surface area contributed by atoms with Crippen molar-refractivity contribution in [1.82, 2.24) is 14.9 Å². The van der Waals surface area contributed by atoms with E-state index in [-0.39, 0.29) is 11.7 Å². The lowest BCUT2D eigenvalue weighted by Crippen LogP contribution is -2.26. The Hall–Kier alpha value is -3.08. The van der Waals surface area contributed by atoms with E-state index < -0.39 is 0 Å². The molecule has 0 radical (unpaired) electrons. The molecule has 0 unspecified atom stereocenters. The summed E-state index contributed by atoms with van der Waals surface area (Å²) in [6.07, 6.45) is 2.27. The number of phenols is 1. The van der Waals surface area contributed by atoms with Gasteiger partial charge < -0.3 is 15.0 Å². The molecule has 0 bridgehead atoms. The number of amides is 1. The van der Waals surface area contributed by atoms with Crippen LogP contribution in [0.5, 0.6) is 5.75 Å². The first-order valence-corrected chi connectivity index (χ1v) is 8.35. The minimum atomic E-state index is 0.0366. The molecule has 2 N–H and O–H groups in total. The molecule has 2 aromatic carbocycles. The second-order valence-electron chi connectivity index (χ2n) is 5.75. The highest BCUT2D eigenvalue weighted by atomic mass is 16.3. The van der Waals surface area contributed by atoms with E-state index in [0.717, 1.165) is 22.5 Å². The van der Waals surface area contributed by atoms with Gasteiger partial charge in [0.1, 0.15) is 5.75 Å². The van der Waals surface area contributed by atoms with E-state index in [1.54, 1.807) is 18.5 Å². The number of phenolic OH excluding ortho intramolecular Hbond substituents is 1. The van der Waals surface area contributed by atoms with E-state index in [0.29, 0.717) is 19.5 Å². The molecule has 0 aliphatic carbocycles. The molecule has 0 aliphatic rings. The predicted octanol–water partition coefficient (Wildman–Crippen LogP) is 3.45. The Morgan fingerprint density at radius 2 is 1.80 bits per heavy atom. The highest BCUT2D eigenvalue weighted by Crippen LogP contribution is 2.31. The van der Waals surface area contributed by atoms with Crippen molar-refractivity contribution in [2.45, 2.75) is 19.9 Å². The second-order valence-corrected chi connectivity index (χ2v) is 5.75. The lowest BCUT2D eigenvalue weighted by molar-refractivity contribution is -0.120. The highest BCUT2D eigenvalue weighted by Gasteiger charge is 2.15. The normalized spacial score (nSPS) is 10.6. The largest absolute Gasteiger partial charge is 0.508 e. The Labute approximate surface area is 147 Å². The minimum absolute atomic E-state index is 0.0366. The number of aromatic hydroxyl groups is 1. The maximum Gasteiger partial charge on any atom is 0.219 e. The van der Waals surface area contributed by atoms with Gasteiger partial charge in [-0.3, -0.25) is 4.79 Å². The standard InChI is InChI=1S/C20H21N3O2/c1-2-18(25)21-12-13-23-14-22-19(15-6-4-3-5-7-15)20(23)16-8-10-17(24)11-9-16/h3-11,14,24H,2,12-13H2,1H3,(H,21,25). The zero-order valence-electron chi connectivity index (χ0n) is 14.1. The van der Waals surface area contributed by atoms with Crippen LogP contribution < -0.4 is 5.32 Å². The van der Waals surface area contributed by atoms with Gasteiger partial charge in [0, 0.05) is 30.6 Å². The lowest BCUT2D eigenvalue weighted by Gasteiger charge is -2.11. The number of carbonyl (C=O) groups is 1. The molecular formula is C20H21N3O2. The summed E-state index contributed by atoms with van der Waals surface area (Å²) in [6.45, 7) is 3.01. The van der Waals surface area contributed by atoms with Crippen molar-refractivity contribution in [3.05, 3.63) is 60.9 Å². The van der Waals surface area contributed by atoms with Crippen LogP contribution in [0.1, 0.15) is 13.3 Å². The van der Waals surface area contributed by atoms with E-state index in [4.69, 9.17) is 0 Å². The molecule has 0 atom stereocenters. The summed E-state index contributed by atoms with van der Waals surface area (Å²) in [7, 11) is 0. The second kappa shape index (κ2) is 7.66. The van der Waals surface area contributed by atoms with E-state index >= 15 is 0 Å². The molecule has 1 amide bonds. The number of nitrogens with one attached hydrogen (secondary N) is 1. The summed E-state index contributed by atoms with van der Waals surface area (Å²) in [4.78, 5) is 16.0. The van der Waals surface area contributed by atoms with Gasteiger partial charge in [-0.05, 0) is 24.3 Å². The van der Waals surface area contributed by atoms with Crippen LogP contribution >= 0.6 is 0 Å². The first kappa shape index (κ1) is 16.8. The first-order valence-electron chi connectivity index (χ1n) is 8.35. The van der Waals surface area contributed by atoms with Crippen LogP contribution in [0.25, 0.3) is 22.5 Å². The average molecular weight is 335 g/mol. The van der Waals surface area contributed by atoms with Gasteiger partial charge in [-0.2, -0.15) is 0 Å². The van der Waals surface area contributed by atoms with Crippen molar-refractivity contribution in [3.63, 3.8) is 0 Å². The third kappa shape index (κ3) is 3.88. The quantitative estimate of drug-likeness (QED) is 0.725. The van der Waals surface area contributed by atoms with Crippen molar-refractivity contribution in [2.24, 2.45) is 0 Å². The van der Waals surface area contributed by atoms with Gasteiger partial charge >= 0.3 is 0 Å². The van der Waals surface area contributed by atoms with E-state index in [9.17, 15) is 9.90 Å². The van der Waals surface area contributed by atoms with Crippen LogP contribution in [0.4, 0.5) is 0 Å². The van der Waals surface area contributed by atoms with Gasteiger partial charge in [0.2, 0.25) is 5.91 Å². The van der Waals surface area contributed by atoms with E-state index in [1.807, 2.05) is 54.0 Å². The third-order valence-electron chi connectivity index (χ3n) is 4.02. The Balaban J connectivity index is 1.96. The molecule has 0 fully saturated rings. The fourth-order valence-electron chi connectivity index (χ4n) is 2.72. The fraction of sp³-hybridized carbons (Fsp3) is 0.200. The van der Waals surface area contributed by atoms with Crippen LogP contribution in [-0.4, -0.2) is 27.1 Å². The molecule has 3 aromatic rings. The number of aromatic nitrogens is 2. The van der Waals surface area contributed by atoms with Gasteiger partial charge in [-0.1, -0.05) is 37.3 Å². The van der Waals surface area contributed by atoms with Gasteiger partial charge in [0.05, 0.1) is 17.7 Å². The first-order chi connectivity index (χ1) is 12.2. The van der Waals surface area contributed by atoms with Crippen molar-refractivity contribution in [3.8, 4) is 28.3 Å². The number of hydrogen-bond acceptors (Lipinski definition) is 3. The SMILES string of the molecule is CCC(=O)NCCn1cnc(-c2ccccc2)c1-c1ccc(O)cc1. The predicted molar refractivity (Wildman–Crippen MR) is 98.1 cm³/mol. The zero-order valence-corrected chi connectivity index (χ0v) is 14.1. The molecule has 128 valence electrons. The number of nitrogens with zero attached hydrogens (tertiary/aromatic N) is 2. The van der Waals surface area contributed by atoms with Crippen LogP contribution in [0.15, 0.2) is 60.9 Å². The maximum absolute atomic E-state index is 11.5. The van der Waals surface area contributed by atoms with Gasteiger partial charge in [-0.25, -0.2) is 4.98 Å². The Morgan fingerprint density at radius 3 is 2.48 bits per heavy atom. The molecule has 0 saturated carbocycles. The molecule has 1 aromatic heterocycles. The third-order valence-corrected chi connectivity index (χ3v) is 4.02. The molecule has 0 saturated heterocycles. The molecule has 0 spiro atoms.